The van der Waals surface area contributed by atoms with E-state index in [-0.39, 0.29) is 5.41 Å². The molecule has 1 heterocycles. The molecular formula is C12H20ClN3. The van der Waals surface area contributed by atoms with E-state index < -0.39 is 0 Å². The van der Waals surface area contributed by atoms with Crippen LogP contribution in [-0.2, 0) is 0 Å². The number of anilines is 1. The molecule has 1 aromatic rings. The van der Waals surface area contributed by atoms with E-state index in [0.29, 0.717) is 5.95 Å². The predicted octanol–water partition coefficient (Wildman–Crippen LogP) is 3.24. The molecule has 90 valence electrons. The standard InChI is InChI=1S/C12H20ClN3/c1-10-7-14-11(15-8-10)16-9-12(2,3)5-4-6-13/h7-8H,4-6,9H2,1-3H3,(H,14,15,16). The summed E-state index contributed by atoms with van der Waals surface area (Å²) in [5, 5.41) is 3.26. The van der Waals surface area contributed by atoms with E-state index in [9.17, 15) is 0 Å². The Bertz CT molecular complexity index is 309. The van der Waals surface area contributed by atoms with E-state index in [4.69, 9.17) is 11.6 Å². The molecule has 0 aliphatic carbocycles. The zero-order valence-electron chi connectivity index (χ0n) is 10.3. The minimum Gasteiger partial charge on any atom is -0.354 e. The van der Waals surface area contributed by atoms with E-state index in [1.807, 2.05) is 19.3 Å². The van der Waals surface area contributed by atoms with Gasteiger partial charge >= 0.3 is 0 Å². The summed E-state index contributed by atoms with van der Waals surface area (Å²) >= 11 is 5.70. The van der Waals surface area contributed by atoms with Gasteiger partial charge in [-0.05, 0) is 30.7 Å². The molecule has 0 atom stereocenters. The Balaban J connectivity index is 2.41. The Morgan fingerprint density at radius 1 is 1.31 bits per heavy atom. The Hall–Kier alpha value is -0.830. The van der Waals surface area contributed by atoms with Crippen LogP contribution in [-0.4, -0.2) is 22.4 Å². The number of alkyl halides is 1. The first-order chi connectivity index (χ1) is 7.53. The van der Waals surface area contributed by atoms with Gasteiger partial charge in [-0.3, -0.25) is 0 Å². The third kappa shape index (κ3) is 4.79. The first-order valence-corrected chi connectivity index (χ1v) is 6.15. The molecule has 0 amide bonds. The maximum absolute atomic E-state index is 5.70. The van der Waals surface area contributed by atoms with Crippen LogP contribution >= 0.6 is 11.6 Å². The van der Waals surface area contributed by atoms with Gasteiger partial charge in [-0.25, -0.2) is 9.97 Å². The topological polar surface area (TPSA) is 37.8 Å². The van der Waals surface area contributed by atoms with Crippen LogP contribution in [0.3, 0.4) is 0 Å². The molecule has 0 aliphatic heterocycles. The van der Waals surface area contributed by atoms with Crippen molar-refractivity contribution >= 4 is 17.5 Å². The van der Waals surface area contributed by atoms with Crippen LogP contribution in [0.1, 0.15) is 32.3 Å². The SMILES string of the molecule is Cc1cnc(NCC(C)(C)CCCCl)nc1. The van der Waals surface area contributed by atoms with Crippen molar-refractivity contribution in [3.8, 4) is 0 Å². The molecule has 0 aromatic carbocycles. The maximum atomic E-state index is 5.70. The van der Waals surface area contributed by atoms with Gasteiger partial charge in [0.1, 0.15) is 0 Å². The molecular weight excluding hydrogens is 222 g/mol. The third-order valence-electron chi connectivity index (χ3n) is 2.49. The maximum Gasteiger partial charge on any atom is 0.222 e. The second-order valence-electron chi connectivity index (χ2n) is 4.89. The lowest BCUT2D eigenvalue weighted by Crippen LogP contribution is -2.24. The highest BCUT2D eigenvalue weighted by molar-refractivity contribution is 6.17. The zero-order valence-corrected chi connectivity index (χ0v) is 11.0. The average molecular weight is 242 g/mol. The van der Waals surface area contributed by atoms with Gasteiger partial charge in [-0.2, -0.15) is 0 Å². The normalized spacial score (nSPS) is 11.5. The highest BCUT2D eigenvalue weighted by Gasteiger charge is 2.17. The summed E-state index contributed by atoms with van der Waals surface area (Å²) in [5.74, 6) is 1.43. The van der Waals surface area contributed by atoms with Crippen LogP contribution in [0.5, 0.6) is 0 Å². The van der Waals surface area contributed by atoms with E-state index in [1.165, 1.54) is 0 Å². The van der Waals surface area contributed by atoms with E-state index in [0.717, 1.165) is 30.8 Å². The van der Waals surface area contributed by atoms with Gasteiger partial charge in [-0.15, -0.1) is 11.6 Å². The van der Waals surface area contributed by atoms with E-state index in [2.05, 4.69) is 29.1 Å². The first kappa shape index (κ1) is 13.2. The van der Waals surface area contributed by atoms with Crippen molar-refractivity contribution in [2.45, 2.75) is 33.6 Å². The first-order valence-electron chi connectivity index (χ1n) is 5.62. The molecule has 0 unspecified atom stereocenters. The van der Waals surface area contributed by atoms with E-state index >= 15 is 0 Å². The molecule has 0 fully saturated rings. The second kappa shape index (κ2) is 6.04. The van der Waals surface area contributed by atoms with Gasteiger partial charge < -0.3 is 5.32 Å². The third-order valence-corrected chi connectivity index (χ3v) is 2.76. The van der Waals surface area contributed by atoms with Crippen LogP contribution in [0.15, 0.2) is 12.4 Å². The van der Waals surface area contributed by atoms with Crippen LogP contribution in [0.25, 0.3) is 0 Å². The highest BCUT2D eigenvalue weighted by Crippen LogP contribution is 2.22. The van der Waals surface area contributed by atoms with Crippen molar-refractivity contribution in [2.24, 2.45) is 5.41 Å². The molecule has 1 rings (SSSR count). The largest absolute Gasteiger partial charge is 0.354 e. The smallest absolute Gasteiger partial charge is 0.222 e. The summed E-state index contributed by atoms with van der Waals surface area (Å²) in [4.78, 5) is 8.43. The quantitative estimate of drug-likeness (QED) is 0.777. The molecule has 0 saturated heterocycles. The number of aryl methyl sites for hydroxylation is 1. The summed E-state index contributed by atoms with van der Waals surface area (Å²) in [5.41, 5.74) is 1.30. The lowest BCUT2D eigenvalue weighted by atomic mass is 9.88. The Morgan fingerprint density at radius 3 is 2.50 bits per heavy atom. The fourth-order valence-electron chi connectivity index (χ4n) is 1.44. The Kier molecular flexibility index (Phi) is 5.00. The van der Waals surface area contributed by atoms with Crippen molar-refractivity contribution in [1.82, 2.24) is 9.97 Å². The monoisotopic (exact) mass is 241 g/mol. The molecule has 1 aromatic heterocycles. The van der Waals surface area contributed by atoms with Gasteiger partial charge in [0.25, 0.3) is 0 Å². The van der Waals surface area contributed by atoms with Gasteiger partial charge in [-0.1, -0.05) is 13.8 Å². The average Bonchev–Trinajstić information content (AvgIpc) is 2.26. The zero-order chi connectivity index (χ0) is 12.0. The van der Waals surface area contributed by atoms with Crippen LogP contribution in [0.2, 0.25) is 0 Å². The van der Waals surface area contributed by atoms with Crippen molar-refractivity contribution < 1.29 is 0 Å². The number of hydrogen-bond acceptors (Lipinski definition) is 3. The van der Waals surface area contributed by atoms with Crippen molar-refractivity contribution in [3.05, 3.63) is 18.0 Å². The number of aromatic nitrogens is 2. The second-order valence-corrected chi connectivity index (χ2v) is 5.27. The van der Waals surface area contributed by atoms with Crippen molar-refractivity contribution in [2.75, 3.05) is 17.7 Å². The Labute approximate surface area is 103 Å². The fourth-order valence-corrected chi connectivity index (χ4v) is 1.57. The molecule has 0 aliphatic rings. The summed E-state index contributed by atoms with van der Waals surface area (Å²) in [6.07, 6.45) is 5.79. The summed E-state index contributed by atoms with van der Waals surface area (Å²) in [6, 6.07) is 0. The van der Waals surface area contributed by atoms with Crippen LogP contribution < -0.4 is 5.32 Å². The van der Waals surface area contributed by atoms with Crippen LogP contribution in [0, 0.1) is 12.3 Å². The van der Waals surface area contributed by atoms with Gasteiger partial charge in [0.05, 0.1) is 0 Å². The van der Waals surface area contributed by atoms with Gasteiger partial charge in [0.15, 0.2) is 0 Å². The number of rotatable bonds is 6. The summed E-state index contributed by atoms with van der Waals surface area (Å²) in [6.45, 7) is 7.29. The van der Waals surface area contributed by atoms with Gasteiger partial charge in [0, 0.05) is 24.8 Å². The highest BCUT2D eigenvalue weighted by atomic mass is 35.5. The molecule has 0 radical (unpaired) electrons. The van der Waals surface area contributed by atoms with E-state index in [1.54, 1.807) is 0 Å². The summed E-state index contributed by atoms with van der Waals surface area (Å²) < 4.78 is 0. The lowest BCUT2D eigenvalue weighted by Gasteiger charge is -2.24. The predicted molar refractivity (Wildman–Crippen MR) is 69.0 cm³/mol. The van der Waals surface area contributed by atoms with Crippen LogP contribution in [0.4, 0.5) is 5.95 Å². The number of hydrogen-bond donors (Lipinski definition) is 1. The Morgan fingerprint density at radius 2 is 1.94 bits per heavy atom. The number of nitrogens with zero attached hydrogens (tertiary/aromatic N) is 2. The van der Waals surface area contributed by atoms with Crippen molar-refractivity contribution in [1.29, 1.82) is 0 Å². The molecule has 0 spiro atoms. The number of halogens is 1. The molecule has 1 N–H and O–H groups in total. The van der Waals surface area contributed by atoms with Gasteiger partial charge in [0.2, 0.25) is 5.95 Å². The molecule has 16 heavy (non-hydrogen) atoms. The minimum atomic E-state index is 0.225. The number of nitrogens with one attached hydrogen (secondary N) is 1. The van der Waals surface area contributed by atoms with Crippen molar-refractivity contribution in [3.63, 3.8) is 0 Å². The molecule has 4 heteroatoms. The lowest BCUT2D eigenvalue weighted by molar-refractivity contribution is 0.355. The fraction of sp³-hybridized carbons (Fsp3) is 0.667. The molecule has 0 bridgehead atoms. The summed E-state index contributed by atoms with van der Waals surface area (Å²) in [7, 11) is 0. The minimum absolute atomic E-state index is 0.225. The molecule has 0 saturated carbocycles. The molecule has 3 nitrogen and oxygen atoms in total.